The minimum Gasteiger partial charge on any atom is -0.494 e. The number of halogens is 1. The zero-order valence-electron chi connectivity index (χ0n) is 26.4. The fourth-order valence-corrected chi connectivity index (χ4v) is 6.58. The van der Waals surface area contributed by atoms with Gasteiger partial charge in [-0.3, -0.25) is 13.9 Å². The number of nitrogens with one attached hydrogen (secondary N) is 1. The van der Waals surface area contributed by atoms with E-state index in [1.54, 1.807) is 54.6 Å². The smallest absolute Gasteiger partial charge is 0.264 e. The van der Waals surface area contributed by atoms with Gasteiger partial charge in [-0.15, -0.1) is 0 Å². The van der Waals surface area contributed by atoms with E-state index in [1.165, 1.54) is 17.0 Å². The number of ether oxygens (including phenoxy) is 1. The highest BCUT2D eigenvalue weighted by Gasteiger charge is 2.34. The van der Waals surface area contributed by atoms with Crippen molar-refractivity contribution in [3.8, 4) is 5.75 Å². The molecule has 0 saturated carbocycles. The maximum absolute atomic E-state index is 14.5. The Balaban J connectivity index is 1.79. The van der Waals surface area contributed by atoms with Gasteiger partial charge in [-0.1, -0.05) is 84.8 Å². The Morgan fingerprint density at radius 3 is 2.15 bits per heavy atom. The first-order valence-corrected chi connectivity index (χ1v) is 17.1. The molecular formula is C36H40ClN3O5S. The van der Waals surface area contributed by atoms with Crippen molar-refractivity contribution in [1.29, 1.82) is 0 Å². The number of aryl methyl sites for hydroxylation is 1. The average Bonchev–Trinajstić information content (AvgIpc) is 3.06. The summed E-state index contributed by atoms with van der Waals surface area (Å²) in [5.41, 5.74) is 2.74. The van der Waals surface area contributed by atoms with E-state index in [1.807, 2.05) is 57.2 Å². The van der Waals surface area contributed by atoms with Gasteiger partial charge in [0.25, 0.3) is 10.0 Å². The van der Waals surface area contributed by atoms with Crippen molar-refractivity contribution >= 4 is 39.1 Å². The monoisotopic (exact) mass is 661 g/mol. The van der Waals surface area contributed by atoms with Gasteiger partial charge in [-0.05, 0) is 73.9 Å². The van der Waals surface area contributed by atoms with Gasteiger partial charge in [0.15, 0.2) is 0 Å². The summed E-state index contributed by atoms with van der Waals surface area (Å²) in [6.07, 6.45) is 0.937. The molecule has 4 rings (SSSR count). The number of hydrogen-bond acceptors (Lipinski definition) is 5. The lowest BCUT2D eigenvalue weighted by Gasteiger charge is -2.34. The lowest BCUT2D eigenvalue weighted by Crippen LogP contribution is -2.53. The summed E-state index contributed by atoms with van der Waals surface area (Å²) in [7, 11) is -4.22. The van der Waals surface area contributed by atoms with Crippen molar-refractivity contribution in [3.63, 3.8) is 0 Å². The van der Waals surface area contributed by atoms with Crippen molar-refractivity contribution in [2.75, 3.05) is 24.0 Å². The van der Waals surface area contributed by atoms with Gasteiger partial charge >= 0.3 is 0 Å². The van der Waals surface area contributed by atoms with Crippen LogP contribution in [0.2, 0.25) is 5.02 Å². The lowest BCUT2D eigenvalue weighted by atomic mass is 10.0. The molecule has 0 aromatic heterocycles. The third-order valence-electron chi connectivity index (χ3n) is 7.44. The van der Waals surface area contributed by atoms with E-state index in [9.17, 15) is 18.0 Å². The van der Waals surface area contributed by atoms with E-state index in [4.69, 9.17) is 16.3 Å². The molecule has 4 aromatic rings. The van der Waals surface area contributed by atoms with Gasteiger partial charge in [0.2, 0.25) is 11.8 Å². The first-order valence-electron chi connectivity index (χ1n) is 15.3. The molecule has 0 aliphatic rings. The molecule has 0 spiro atoms. The van der Waals surface area contributed by atoms with Crippen molar-refractivity contribution in [2.45, 2.75) is 51.1 Å². The summed E-state index contributed by atoms with van der Waals surface area (Å²) in [6.45, 7) is 6.01. The Bertz CT molecular complexity index is 1700. The first-order chi connectivity index (χ1) is 22.1. The highest BCUT2D eigenvalue weighted by atomic mass is 35.5. The third kappa shape index (κ3) is 8.89. The maximum atomic E-state index is 14.5. The van der Waals surface area contributed by atoms with Crippen molar-refractivity contribution in [1.82, 2.24) is 10.2 Å². The van der Waals surface area contributed by atoms with Gasteiger partial charge in [0.1, 0.15) is 18.3 Å². The molecule has 0 bridgehead atoms. The second-order valence-corrected chi connectivity index (χ2v) is 13.1. The van der Waals surface area contributed by atoms with Crippen LogP contribution in [0.4, 0.5) is 5.69 Å². The normalized spacial score (nSPS) is 11.8. The molecule has 1 N–H and O–H groups in total. The van der Waals surface area contributed by atoms with Crippen LogP contribution in [0.3, 0.4) is 0 Å². The van der Waals surface area contributed by atoms with E-state index in [0.29, 0.717) is 41.6 Å². The number of anilines is 1. The van der Waals surface area contributed by atoms with Crippen LogP contribution in [0, 0.1) is 6.92 Å². The van der Waals surface area contributed by atoms with Crippen molar-refractivity contribution < 1.29 is 22.7 Å². The predicted octanol–water partition coefficient (Wildman–Crippen LogP) is 6.41. The molecule has 0 radical (unpaired) electrons. The first kappa shape index (κ1) is 34.5. The Morgan fingerprint density at radius 2 is 1.52 bits per heavy atom. The second kappa shape index (κ2) is 16.3. The van der Waals surface area contributed by atoms with Crippen molar-refractivity contribution in [3.05, 3.63) is 125 Å². The molecule has 0 aliphatic carbocycles. The van der Waals surface area contributed by atoms with Gasteiger partial charge in [-0.2, -0.15) is 0 Å². The molecular weight excluding hydrogens is 622 g/mol. The van der Waals surface area contributed by atoms with Gasteiger partial charge in [0, 0.05) is 24.5 Å². The number of carbonyl (C=O) groups excluding carboxylic acids is 2. The molecule has 4 aromatic carbocycles. The zero-order valence-corrected chi connectivity index (χ0v) is 27.9. The van der Waals surface area contributed by atoms with Crippen LogP contribution in [0.15, 0.2) is 108 Å². The molecule has 0 fully saturated rings. The van der Waals surface area contributed by atoms with Gasteiger partial charge in [0.05, 0.1) is 17.2 Å². The molecule has 10 heteroatoms. The molecule has 46 heavy (non-hydrogen) atoms. The molecule has 0 heterocycles. The van der Waals surface area contributed by atoms with Crippen LogP contribution in [0.25, 0.3) is 0 Å². The lowest BCUT2D eigenvalue weighted by molar-refractivity contribution is -0.140. The SMILES string of the molecule is CCCNC(=O)C(Cc1ccccc1)N(Cc1ccccc1Cl)C(=O)CN(c1ccc(C)cc1)S(=O)(=O)c1ccc(OCC)cc1. The Kier molecular flexibility index (Phi) is 12.2. The van der Waals surface area contributed by atoms with Crippen LogP contribution < -0.4 is 14.4 Å². The third-order valence-corrected chi connectivity index (χ3v) is 9.60. The largest absolute Gasteiger partial charge is 0.494 e. The fraction of sp³-hybridized carbons (Fsp3) is 0.278. The second-order valence-electron chi connectivity index (χ2n) is 10.9. The molecule has 1 unspecified atom stereocenters. The predicted molar refractivity (Wildman–Crippen MR) is 183 cm³/mol. The minimum atomic E-state index is -4.22. The van der Waals surface area contributed by atoms with Gasteiger partial charge < -0.3 is 15.0 Å². The Hall–Kier alpha value is -4.34. The number of nitrogens with zero attached hydrogens (tertiary/aromatic N) is 2. The number of carbonyl (C=O) groups is 2. The van der Waals surface area contributed by atoms with Crippen LogP contribution in [0.5, 0.6) is 5.75 Å². The van der Waals surface area contributed by atoms with Crippen LogP contribution in [-0.4, -0.2) is 50.9 Å². The molecule has 0 aliphatic heterocycles. The highest BCUT2D eigenvalue weighted by Crippen LogP contribution is 2.27. The summed E-state index contributed by atoms with van der Waals surface area (Å²) >= 11 is 6.55. The number of hydrogen-bond donors (Lipinski definition) is 1. The van der Waals surface area contributed by atoms with Gasteiger partial charge in [-0.25, -0.2) is 8.42 Å². The maximum Gasteiger partial charge on any atom is 0.264 e. The Morgan fingerprint density at radius 1 is 0.870 bits per heavy atom. The van der Waals surface area contributed by atoms with E-state index in [0.717, 1.165) is 15.4 Å². The van der Waals surface area contributed by atoms with Crippen molar-refractivity contribution in [2.24, 2.45) is 0 Å². The van der Waals surface area contributed by atoms with E-state index in [-0.39, 0.29) is 23.8 Å². The van der Waals surface area contributed by atoms with Crippen LogP contribution in [-0.2, 0) is 32.6 Å². The topological polar surface area (TPSA) is 96.0 Å². The van der Waals surface area contributed by atoms with Crippen LogP contribution >= 0.6 is 11.6 Å². The fourth-order valence-electron chi connectivity index (χ4n) is 4.97. The quantitative estimate of drug-likeness (QED) is 0.159. The summed E-state index contributed by atoms with van der Waals surface area (Å²) in [5.74, 6) is -0.350. The molecule has 242 valence electrons. The number of amides is 2. The zero-order chi connectivity index (χ0) is 33.1. The average molecular weight is 662 g/mol. The number of sulfonamides is 1. The highest BCUT2D eigenvalue weighted by molar-refractivity contribution is 7.92. The Labute approximate surface area is 277 Å². The molecule has 8 nitrogen and oxygen atoms in total. The summed E-state index contributed by atoms with van der Waals surface area (Å²) in [6, 6.07) is 28.6. The summed E-state index contributed by atoms with van der Waals surface area (Å²) in [5, 5.41) is 3.38. The summed E-state index contributed by atoms with van der Waals surface area (Å²) < 4.78 is 35.0. The summed E-state index contributed by atoms with van der Waals surface area (Å²) in [4.78, 5) is 29.7. The molecule has 0 saturated heterocycles. The van der Waals surface area contributed by atoms with Crippen LogP contribution in [0.1, 0.15) is 37.0 Å². The molecule has 1 atom stereocenters. The minimum absolute atomic E-state index is 0.000388. The standard InChI is InChI=1S/C36H40ClN3O5S/c1-4-23-38-36(42)34(24-28-11-7-6-8-12-28)39(25-29-13-9-10-14-33(29)37)35(41)26-40(30-17-15-27(3)16-18-30)46(43,44)32-21-19-31(20-22-32)45-5-2/h6-22,34H,4-5,23-26H2,1-3H3,(H,38,42). The van der Waals surface area contributed by atoms with E-state index in [2.05, 4.69) is 5.32 Å². The van der Waals surface area contributed by atoms with E-state index >= 15 is 0 Å². The molecule has 2 amide bonds. The van der Waals surface area contributed by atoms with E-state index < -0.39 is 28.5 Å². The number of rotatable bonds is 15. The number of benzene rings is 4.